The van der Waals surface area contributed by atoms with Crippen molar-refractivity contribution in [1.29, 1.82) is 0 Å². The molecule has 0 aliphatic rings. The predicted molar refractivity (Wildman–Crippen MR) is 122 cm³/mol. The molecule has 4 aromatic rings. The summed E-state index contributed by atoms with van der Waals surface area (Å²) in [4.78, 5) is 16.8. The minimum Gasteiger partial charge on any atom is -0.457 e. The number of nitrogens with zero attached hydrogens (tertiary/aromatic N) is 1. The van der Waals surface area contributed by atoms with E-state index in [1.165, 1.54) is 11.3 Å². The first-order valence-electron chi connectivity index (χ1n) is 9.24. The van der Waals surface area contributed by atoms with E-state index in [1.807, 2.05) is 84.2 Å². The molecule has 0 unspecified atom stereocenters. The van der Waals surface area contributed by atoms with E-state index in [0.717, 1.165) is 11.4 Å². The molecule has 3 aromatic carbocycles. The number of rotatable bonds is 7. The van der Waals surface area contributed by atoms with Gasteiger partial charge in [-0.15, -0.1) is 11.3 Å². The second-order valence-corrected chi connectivity index (χ2v) is 7.74. The molecule has 7 heteroatoms. The van der Waals surface area contributed by atoms with Crippen LogP contribution in [0.15, 0.2) is 84.2 Å². The summed E-state index contributed by atoms with van der Waals surface area (Å²) in [5, 5.41) is 9.30. The van der Waals surface area contributed by atoms with Crippen molar-refractivity contribution in [2.24, 2.45) is 0 Å². The molecule has 4 rings (SSSR count). The highest BCUT2D eigenvalue weighted by Gasteiger charge is 2.09. The number of carbonyl (C=O) groups is 1. The van der Waals surface area contributed by atoms with E-state index in [4.69, 9.17) is 16.3 Å². The average molecular weight is 436 g/mol. The van der Waals surface area contributed by atoms with Gasteiger partial charge in [-0.25, -0.2) is 4.98 Å². The van der Waals surface area contributed by atoms with Gasteiger partial charge in [0.05, 0.1) is 12.1 Å². The normalized spacial score (nSPS) is 10.4. The molecule has 0 atom stereocenters. The summed E-state index contributed by atoms with van der Waals surface area (Å²) >= 11 is 7.43. The van der Waals surface area contributed by atoms with Crippen LogP contribution in [0, 0.1) is 0 Å². The molecular weight excluding hydrogens is 418 g/mol. The SMILES string of the molecule is O=C(Cc1csc(Nc2cccc(Cl)c2)n1)Nc1ccc(Oc2ccccc2)cc1. The first-order valence-corrected chi connectivity index (χ1v) is 10.5. The molecule has 0 aliphatic heterocycles. The van der Waals surface area contributed by atoms with Gasteiger partial charge in [-0.2, -0.15) is 0 Å². The Balaban J connectivity index is 1.31. The smallest absolute Gasteiger partial charge is 0.230 e. The fourth-order valence-corrected chi connectivity index (χ4v) is 3.66. The van der Waals surface area contributed by atoms with E-state index < -0.39 is 0 Å². The molecule has 1 amide bonds. The standard InChI is InChI=1S/C23H18ClN3O2S/c24-16-5-4-6-18(13-16)26-23-27-19(15-30-23)14-22(28)25-17-9-11-21(12-10-17)29-20-7-2-1-3-8-20/h1-13,15H,14H2,(H,25,28)(H,26,27). The van der Waals surface area contributed by atoms with E-state index in [0.29, 0.717) is 27.3 Å². The number of hydrogen-bond donors (Lipinski definition) is 2. The third kappa shape index (κ3) is 5.59. The monoisotopic (exact) mass is 435 g/mol. The Labute approximate surface area is 183 Å². The van der Waals surface area contributed by atoms with Gasteiger partial charge in [-0.1, -0.05) is 35.9 Å². The lowest BCUT2D eigenvalue weighted by atomic mass is 10.2. The molecule has 0 radical (unpaired) electrons. The van der Waals surface area contributed by atoms with E-state index >= 15 is 0 Å². The van der Waals surface area contributed by atoms with E-state index in [2.05, 4.69) is 15.6 Å². The fraction of sp³-hybridized carbons (Fsp3) is 0.0435. The van der Waals surface area contributed by atoms with Crippen LogP contribution in [0.2, 0.25) is 5.02 Å². The number of thiazole rings is 1. The van der Waals surface area contributed by atoms with Crippen molar-refractivity contribution in [3.63, 3.8) is 0 Å². The van der Waals surface area contributed by atoms with Gasteiger partial charge in [0, 0.05) is 21.8 Å². The molecule has 0 spiro atoms. The Morgan fingerprint density at radius 3 is 2.47 bits per heavy atom. The number of nitrogens with one attached hydrogen (secondary N) is 2. The molecule has 5 nitrogen and oxygen atoms in total. The Morgan fingerprint density at radius 1 is 0.933 bits per heavy atom. The maximum absolute atomic E-state index is 12.4. The molecule has 0 saturated heterocycles. The van der Waals surface area contributed by atoms with E-state index in [1.54, 1.807) is 0 Å². The summed E-state index contributed by atoms with van der Waals surface area (Å²) in [5.41, 5.74) is 2.25. The van der Waals surface area contributed by atoms with Gasteiger partial charge in [-0.3, -0.25) is 4.79 Å². The summed E-state index contributed by atoms with van der Waals surface area (Å²) in [6, 6.07) is 24.2. The number of para-hydroxylation sites is 1. The van der Waals surface area contributed by atoms with Crippen LogP contribution in [0.3, 0.4) is 0 Å². The van der Waals surface area contributed by atoms with Crippen molar-refractivity contribution in [2.75, 3.05) is 10.6 Å². The zero-order chi connectivity index (χ0) is 20.8. The summed E-state index contributed by atoms with van der Waals surface area (Å²) in [6.45, 7) is 0. The van der Waals surface area contributed by atoms with Crippen LogP contribution in [-0.4, -0.2) is 10.9 Å². The second-order valence-electron chi connectivity index (χ2n) is 6.44. The number of ether oxygens (including phenoxy) is 1. The lowest BCUT2D eigenvalue weighted by Crippen LogP contribution is -2.14. The number of aromatic nitrogens is 1. The van der Waals surface area contributed by atoms with Gasteiger partial charge in [0.15, 0.2) is 5.13 Å². The van der Waals surface area contributed by atoms with Crippen molar-refractivity contribution < 1.29 is 9.53 Å². The summed E-state index contributed by atoms with van der Waals surface area (Å²) in [7, 11) is 0. The second kappa shape index (κ2) is 9.43. The minimum atomic E-state index is -0.133. The first-order chi connectivity index (χ1) is 14.6. The van der Waals surface area contributed by atoms with Gasteiger partial charge >= 0.3 is 0 Å². The van der Waals surface area contributed by atoms with Gasteiger partial charge in [0.1, 0.15) is 11.5 Å². The van der Waals surface area contributed by atoms with Crippen LogP contribution in [0.5, 0.6) is 11.5 Å². The first kappa shape index (κ1) is 19.9. The minimum absolute atomic E-state index is 0.133. The number of anilines is 3. The van der Waals surface area contributed by atoms with Crippen molar-refractivity contribution in [3.8, 4) is 11.5 Å². The third-order valence-corrected chi connectivity index (χ3v) is 5.13. The molecule has 1 aromatic heterocycles. The molecule has 0 saturated carbocycles. The lowest BCUT2D eigenvalue weighted by Gasteiger charge is -2.07. The van der Waals surface area contributed by atoms with Gasteiger partial charge in [-0.05, 0) is 54.6 Å². The van der Waals surface area contributed by atoms with Crippen molar-refractivity contribution in [2.45, 2.75) is 6.42 Å². The molecule has 0 fully saturated rings. The largest absolute Gasteiger partial charge is 0.457 e. The van der Waals surface area contributed by atoms with Gasteiger partial charge in [0.25, 0.3) is 0 Å². The topological polar surface area (TPSA) is 63.2 Å². The van der Waals surface area contributed by atoms with Crippen LogP contribution in [-0.2, 0) is 11.2 Å². The van der Waals surface area contributed by atoms with Crippen LogP contribution in [0.1, 0.15) is 5.69 Å². The van der Waals surface area contributed by atoms with Gasteiger partial charge < -0.3 is 15.4 Å². The zero-order valence-electron chi connectivity index (χ0n) is 15.8. The quantitative estimate of drug-likeness (QED) is 0.347. The van der Waals surface area contributed by atoms with Gasteiger partial charge in [0.2, 0.25) is 5.91 Å². The Hall–Kier alpha value is -3.35. The molecule has 150 valence electrons. The number of halogens is 1. The van der Waals surface area contributed by atoms with Crippen LogP contribution >= 0.6 is 22.9 Å². The molecule has 30 heavy (non-hydrogen) atoms. The Kier molecular flexibility index (Phi) is 6.27. The fourth-order valence-electron chi connectivity index (χ4n) is 2.74. The van der Waals surface area contributed by atoms with E-state index in [-0.39, 0.29) is 12.3 Å². The van der Waals surface area contributed by atoms with Crippen LogP contribution in [0.4, 0.5) is 16.5 Å². The van der Waals surface area contributed by atoms with Crippen molar-refractivity contribution in [1.82, 2.24) is 4.98 Å². The lowest BCUT2D eigenvalue weighted by molar-refractivity contribution is -0.115. The van der Waals surface area contributed by atoms with Crippen molar-refractivity contribution in [3.05, 3.63) is 95.0 Å². The highest BCUT2D eigenvalue weighted by molar-refractivity contribution is 7.13. The Bertz CT molecular complexity index is 1130. The number of amides is 1. The predicted octanol–water partition coefficient (Wildman–Crippen LogP) is 6.51. The third-order valence-electron chi connectivity index (χ3n) is 4.09. The number of carbonyl (C=O) groups excluding carboxylic acids is 1. The number of hydrogen-bond acceptors (Lipinski definition) is 5. The molecule has 1 heterocycles. The van der Waals surface area contributed by atoms with Crippen LogP contribution < -0.4 is 15.4 Å². The average Bonchev–Trinajstić information content (AvgIpc) is 3.17. The van der Waals surface area contributed by atoms with Crippen LogP contribution in [0.25, 0.3) is 0 Å². The Morgan fingerprint density at radius 2 is 1.70 bits per heavy atom. The maximum Gasteiger partial charge on any atom is 0.230 e. The molecular formula is C23H18ClN3O2S. The highest BCUT2D eigenvalue weighted by Crippen LogP contribution is 2.24. The zero-order valence-corrected chi connectivity index (χ0v) is 17.4. The summed E-state index contributed by atoms with van der Waals surface area (Å²) in [6.07, 6.45) is 0.190. The molecule has 0 bridgehead atoms. The summed E-state index contributed by atoms with van der Waals surface area (Å²) in [5.74, 6) is 1.33. The number of benzene rings is 3. The highest BCUT2D eigenvalue weighted by atomic mass is 35.5. The molecule has 0 aliphatic carbocycles. The van der Waals surface area contributed by atoms with E-state index in [9.17, 15) is 4.79 Å². The summed E-state index contributed by atoms with van der Waals surface area (Å²) < 4.78 is 5.76. The maximum atomic E-state index is 12.4. The van der Waals surface area contributed by atoms with Crippen molar-refractivity contribution >= 4 is 45.4 Å². The molecule has 2 N–H and O–H groups in total.